The maximum Gasteiger partial charge on any atom is 0.314 e. The fourth-order valence-corrected chi connectivity index (χ4v) is 0.259. The van der Waals surface area contributed by atoms with Gasteiger partial charge in [-0.2, -0.15) is 0 Å². The first-order chi connectivity index (χ1) is 5.22. The van der Waals surface area contributed by atoms with Gasteiger partial charge in [0, 0.05) is 0 Å². The number of carbonyl (C=O) groups excluding carboxylic acids is 1. The smallest absolute Gasteiger partial charge is 0.314 e. The molecule has 0 unspecified atom stereocenters. The van der Waals surface area contributed by atoms with Crippen molar-refractivity contribution in [3.8, 4) is 0 Å². The molecule has 0 aliphatic carbocycles. The van der Waals surface area contributed by atoms with E-state index < -0.39 is 0 Å². The van der Waals surface area contributed by atoms with Gasteiger partial charge in [0.2, 0.25) is 0 Å². The summed E-state index contributed by atoms with van der Waals surface area (Å²) in [4.78, 5) is 10.3. The largest absolute Gasteiger partial charge is 0.435 e. The van der Waals surface area contributed by atoms with Crippen molar-refractivity contribution in [3.05, 3.63) is 37.6 Å². The minimum atomic E-state index is -0.324. The summed E-state index contributed by atoms with van der Waals surface area (Å²) in [6.45, 7) is 9.68. The molecule has 0 aromatic heterocycles. The standard InChI is InChI=1S/C6H8O2.C2H3Cl/c1-3-5-6(7)8-4-2;1-2-3/h3-4H,1-2,5H2;2H,1H2. The van der Waals surface area contributed by atoms with Crippen molar-refractivity contribution in [2.75, 3.05) is 0 Å². The molecule has 0 spiro atoms. The Kier molecular flexibility index (Phi) is 13.5. The SMILES string of the molecule is C=CCC(=O)OC=C.C=CCl. The second kappa shape index (κ2) is 11.7. The lowest BCUT2D eigenvalue weighted by Crippen LogP contribution is -1.95. The molecule has 0 aliphatic rings. The Balaban J connectivity index is 0. The molecule has 2 nitrogen and oxygen atoms in total. The fraction of sp³-hybridized carbons (Fsp3) is 0.125. The van der Waals surface area contributed by atoms with Gasteiger partial charge in [0.05, 0.1) is 12.7 Å². The average molecular weight is 175 g/mol. The van der Waals surface area contributed by atoms with E-state index in [1.807, 2.05) is 0 Å². The lowest BCUT2D eigenvalue weighted by atomic mass is 10.4. The number of rotatable bonds is 3. The summed E-state index contributed by atoms with van der Waals surface area (Å²) in [5.74, 6) is -0.324. The topological polar surface area (TPSA) is 26.3 Å². The maximum atomic E-state index is 10.3. The molecule has 0 atom stereocenters. The molecule has 0 fully saturated rings. The van der Waals surface area contributed by atoms with E-state index in [-0.39, 0.29) is 12.4 Å². The molecule has 3 heteroatoms. The third-order valence-electron chi connectivity index (χ3n) is 0.526. The molecule has 0 radical (unpaired) electrons. The minimum Gasteiger partial charge on any atom is -0.435 e. The van der Waals surface area contributed by atoms with Crippen molar-refractivity contribution in [2.24, 2.45) is 0 Å². The molecule has 0 N–H and O–H groups in total. The van der Waals surface area contributed by atoms with Crippen molar-refractivity contribution in [1.29, 1.82) is 0 Å². The van der Waals surface area contributed by atoms with E-state index in [4.69, 9.17) is 11.6 Å². The van der Waals surface area contributed by atoms with Gasteiger partial charge in [-0.15, -0.1) is 6.58 Å². The fourth-order valence-electron chi connectivity index (χ4n) is 0.259. The summed E-state index contributed by atoms with van der Waals surface area (Å²) in [5, 5.41) is 0. The van der Waals surface area contributed by atoms with Crippen LogP contribution in [0.25, 0.3) is 0 Å². The molecule has 0 saturated heterocycles. The minimum absolute atomic E-state index is 0.242. The van der Waals surface area contributed by atoms with E-state index in [1.165, 1.54) is 11.6 Å². The van der Waals surface area contributed by atoms with Crippen molar-refractivity contribution >= 4 is 17.6 Å². The zero-order valence-corrected chi connectivity index (χ0v) is 7.01. The molecule has 0 rings (SSSR count). The third kappa shape index (κ3) is 17.6. The van der Waals surface area contributed by atoms with Crippen LogP contribution < -0.4 is 0 Å². The van der Waals surface area contributed by atoms with Gasteiger partial charge < -0.3 is 4.74 Å². The lowest BCUT2D eigenvalue weighted by Gasteiger charge is -1.89. The van der Waals surface area contributed by atoms with Crippen LogP contribution in [0.4, 0.5) is 0 Å². The monoisotopic (exact) mass is 174 g/mol. The highest BCUT2D eigenvalue weighted by Gasteiger charge is 1.92. The molecule has 0 aliphatic heterocycles. The number of ether oxygens (including phenoxy) is 1. The van der Waals surface area contributed by atoms with Crippen LogP contribution in [-0.2, 0) is 9.53 Å². The summed E-state index contributed by atoms with van der Waals surface area (Å²) in [5.41, 5.74) is 1.22. The van der Waals surface area contributed by atoms with Crippen molar-refractivity contribution in [2.45, 2.75) is 6.42 Å². The Morgan fingerprint density at radius 3 is 2.18 bits per heavy atom. The molecule has 0 heterocycles. The van der Waals surface area contributed by atoms with Gasteiger partial charge in [-0.05, 0) is 5.54 Å². The van der Waals surface area contributed by atoms with E-state index >= 15 is 0 Å². The van der Waals surface area contributed by atoms with Crippen LogP contribution in [0.2, 0.25) is 0 Å². The molecular formula is C8H11ClO2. The van der Waals surface area contributed by atoms with Crippen molar-refractivity contribution in [1.82, 2.24) is 0 Å². The highest BCUT2D eigenvalue weighted by atomic mass is 35.5. The first-order valence-corrected chi connectivity index (χ1v) is 3.29. The molecule has 62 valence electrons. The summed E-state index contributed by atoms with van der Waals surface area (Å²) in [6, 6.07) is 0. The molecule has 11 heavy (non-hydrogen) atoms. The summed E-state index contributed by atoms with van der Waals surface area (Å²) >= 11 is 4.76. The predicted molar refractivity (Wildman–Crippen MR) is 47.2 cm³/mol. The Hall–Kier alpha value is -1.02. The normalized spacial score (nSPS) is 6.64. The lowest BCUT2D eigenvalue weighted by molar-refractivity contribution is -0.136. The number of hydrogen-bond acceptors (Lipinski definition) is 2. The zero-order chi connectivity index (χ0) is 9.11. The van der Waals surface area contributed by atoms with E-state index in [0.717, 1.165) is 6.26 Å². The second-order valence-corrected chi connectivity index (χ2v) is 1.61. The number of halogens is 1. The van der Waals surface area contributed by atoms with Gasteiger partial charge >= 0.3 is 5.97 Å². The van der Waals surface area contributed by atoms with Gasteiger partial charge in [0.1, 0.15) is 0 Å². The summed E-state index contributed by atoms with van der Waals surface area (Å²) in [6.07, 6.45) is 2.82. The molecular weight excluding hydrogens is 164 g/mol. The van der Waals surface area contributed by atoms with E-state index in [9.17, 15) is 4.79 Å². The summed E-state index contributed by atoms with van der Waals surface area (Å²) in [7, 11) is 0. The van der Waals surface area contributed by atoms with Crippen LogP contribution in [-0.4, -0.2) is 5.97 Å². The molecule has 0 aromatic rings. The van der Waals surface area contributed by atoms with Crippen LogP contribution in [0.3, 0.4) is 0 Å². The molecule has 0 saturated carbocycles. The molecule has 0 aromatic carbocycles. The van der Waals surface area contributed by atoms with E-state index in [1.54, 1.807) is 0 Å². The predicted octanol–water partition coefficient (Wildman–Crippen LogP) is 2.62. The maximum absolute atomic E-state index is 10.3. The zero-order valence-electron chi connectivity index (χ0n) is 6.25. The van der Waals surface area contributed by atoms with E-state index in [2.05, 4.69) is 24.5 Å². The number of esters is 1. The van der Waals surface area contributed by atoms with E-state index in [0.29, 0.717) is 0 Å². The highest BCUT2D eigenvalue weighted by molar-refractivity contribution is 6.25. The van der Waals surface area contributed by atoms with Crippen LogP contribution in [0, 0.1) is 0 Å². The van der Waals surface area contributed by atoms with Crippen LogP contribution >= 0.6 is 11.6 Å². The van der Waals surface area contributed by atoms with Crippen LogP contribution in [0.1, 0.15) is 6.42 Å². The number of hydrogen-bond donors (Lipinski definition) is 0. The van der Waals surface area contributed by atoms with Gasteiger partial charge in [-0.25, -0.2) is 0 Å². The van der Waals surface area contributed by atoms with Crippen LogP contribution in [0.15, 0.2) is 37.6 Å². The summed E-state index contributed by atoms with van der Waals surface area (Å²) < 4.78 is 4.34. The third-order valence-corrected chi connectivity index (χ3v) is 0.526. The van der Waals surface area contributed by atoms with Crippen LogP contribution in [0.5, 0.6) is 0 Å². The second-order valence-electron chi connectivity index (χ2n) is 1.30. The first kappa shape index (κ1) is 12.6. The Morgan fingerprint density at radius 1 is 1.45 bits per heavy atom. The first-order valence-electron chi connectivity index (χ1n) is 2.85. The van der Waals surface area contributed by atoms with Gasteiger partial charge in [-0.3, -0.25) is 4.79 Å². The Morgan fingerprint density at radius 2 is 1.91 bits per heavy atom. The van der Waals surface area contributed by atoms with Gasteiger partial charge in [-0.1, -0.05) is 30.8 Å². The van der Waals surface area contributed by atoms with Gasteiger partial charge in [0.15, 0.2) is 0 Å². The van der Waals surface area contributed by atoms with Crippen molar-refractivity contribution in [3.63, 3.8) is 0 Å². The molecule has 0 amide bonds. The quantitative estimate of drug-likeness (QED) is 0.374. The van der Waals surface area contributed by atoms with Crippen molar-refractivity contribution < 1.29 is 9.53 Å². The number of carbonyl (C=O) groups is 1. The average Bonchev–Trinajstić information content (AvgIpc) is 1.90. The van der Waals surface area contributed by atoms with Gasteiger partial charge in [0.25, 0.3) is 0 Å². The highest BCUT2D eigenvalue weighted by Crippen LogP contribution is 1.84. The Labute approximate surface area is 71.8 Å². The Bertz CT molecular complexity index is 129. The molecule has 0 bridgehead atoms.